The normalized spacial score (nSPS) is 19.8. The number of rotatable bonds is 7. The molecule has 5 aromatic rings. The molecule has 0 aliphatic carbocycles. The summed E-state index contributed by atoms with van der Waals surface area (Å²) < 4.78 is 23.4. The molecule has 8 rings (SSSR count). The number of hydrogen-bond donors (Lipinski definition) is 0. The Kier molecular flexibility index (Phi) is 7.69. The van der Waals surface area contributed by atoms with E-state index in [1.165, 1.54) is 5.56 Å². The van der Waals surface area contributed by atoms with Gasteiger partial charge < -0.3 is 23.8 Å². The first-order valence-electron chi connectivity index (χ1n) is 16.0. The molecular formula is C36H34ClN5O5. The smallest absolute Gasteiger partial charge is 0.410 e. The number of aryl methyl sites for hydroxylation is 1. The minimum Gasteiger partial charge on any atom is -0.475 e. The third-order valence-electron chi connectivity index (χ3n) is 9.51. The molecule has 2 bridgehead atoms. The summed E-state index contributed by atoms with van der Waals surface area (Å²) in [6.45, 7) is 3.39. The van der Waals surface area contributed by atoms with E-state index in [2.05, 4.69) is 35.0 Å². The number of piperazine rings is 1. The van der Waals surface area contributed by atoms with E-state index in [4.69, 9.17) is 40.5 Å². The second kappa shape index (κ2) is 12.2. The molecule has 3 aliphatic rings. The zero-order valence-corrected chi connectivity index (χ0v) is 26.9. The summed E-state index contributed by atoms with van der Waals surface area (Å²) >= 11 is 6.63. The van der Waals surface area contributed by atoms with Crippen molar-refractivity contribution >= 4 is 45.2 Å². The lowest BCUT2D eigenvalue weighted by Crippen LogP contribution is -2.63. The van der Waals surface area contributed by atoms with Gasteiger partial charge in [0.25, 0.3) is 0 Å². The summed E-state index contributed by atoms with van der Waals surface area (Å²) in [5, 5.41) is 2.99. The zero-order valence-electron chi connectivity index (χ0n) is 26.2. The Morgan fingerprint density at radius 2 is 1.87 bits per heavy atom. The second-order valence-electron chi connectivity index (χ2n) is 12.2. The number of aromatic nitrogens is 3. The topological polar surface area (TPSA) is 99.1 Å². The molecule has 0 N–H and O–H groups in total. The van der Waals surface area contributed by atoms with Crippen LogP contribution in [0.5, 0.6) is 11.6 Å². The third-order valence-corrected chi connectivity index (χ3v) is 9.68. The van der Waals surface area contributed by atoms with Gasteiger partial charge in [-0.2, -0.15) is 4.98 Å². The van der Waals surface area contributed by atoms with Crippen molar-refractivity contribution in [3.8, 4) is 22.9 Å². The van der Waals surface area contributed by atoms with Crippen LogP contribution >= 0.6 is 11.6 Å². The van der Waals surface area contributed by atoms with Gasteiger partial charge in [0.1, 0.15) is 30.2 Å². The van der Waals surface area contributed by atoms with Crippen LogP contribution in [-0.4, -0.2) is 71.1 Å². The number of carbonyl (C=O) groups excluding carboxylic acids is 1. The van der Waals surface area contributed by atoms with E-state index in [0.29, 0.717) is 47.2 Å². The van der Waals surface area contributed by atoms with Crippen LogP contribution in [0.25, 0.3) is 32.9 Å². The van der Waals surface area contributed by atoms with E-state index in [1.807, 2.05) is 53.4 Å². The van der Waals surface area contributed by atoms with Gasteiger partial charge in [-0.25, -0.2) is 14.8 Å². The van der Waals surface area contributed by atoms with Crippen molar-refractivity contribution in [2.24, 2.45) is 0 Å². The number of pyridine rings is 1. The van der Waals surface area contributed by atoms with Crippen molar-refractivity contribution in [2.45, 2.75) is 50.9 Å². The first kappa shape index (κ1) is 29.7. The number of nitrogens with zero attached hydrogens (tertiary/aromatic N) is 5. The summed E-state index contributed by atoms with van der Waals surface area (Å²) in [6.07, 6.45) is 2.26. The zero-order chi connectivity index (χ0) is 32.1. The van der Waals surface area contributed by atoms with Gasteiger partial charge in [0.15, 0.2) is 6.79 Å². The fourth-order valence-corrected chi connectivity index (χ4v) is 7.61. The number of fused-ring (bicyclic) bond motifs is 6. The maximum absolute atomic E-state index is 13.5. The Morgan fingerprint density at radius 1 is 1.00 bits per heavy atom. The molecule has 0 spiro atoms. The number of halogens is 1. The molecule has 2 fully saturated rings. The standard InChI is InChI=1S/C36H34ClN5O5/c1-3-22-10-7-11-23-14-25(47-20-44-2)15-26(31(22)23)27-16-28-32-33(40-35(37)39-28)41-17-24-12-13-29(30(41)19-45-34(32)38-27)42(24)36(43)46-18-21-8-5-4-6-9-21/h4-11,14-16,24,29-30H,3,12-13,17-20H2,1-2H3/t24-,29+,30?/m0/s1. The van der Waals surface area contributed by atoms with Crippen LogP contribution in [0.1, 0.15) is 30.9 Å². The van der Waals surface area contributed by atoms with Crippen molar-refractivity contribution in [3.05, 3.63) is 83.1 Å². The van der Waals surface area contributed by atoms with Gasteiger partial charge in [0.2, 0.25) is 11.2 Å². The van der Waals surface area contributed by atoms with Crippen LogP contribution in [-0.2, 0) is 22.5 Å². The van der Waals surface area contributed by atoms with Crippen molar-refractivity contribution in [1.82, 2.24) is 19.9 Å². The highest BCUT2D eigenvalue weighted by Crippen LogP contribution is 2.45. The van der Waals surface area contributed by atoms with Crippen LogP contribution in [0.15, 0.2) is 66.7 Å². The minimum absolute atomic E-state index is 0.0224. The molecule has 47 heavy (non-hydrogen) atoms. The van der Waals surface area contributed by atoms with Gasteiger partial charge >= 0.3 is 6.09 Å². The second-order valence-corrected chi connectivity index (χ2v) is 12.5. The van der Waals surface area contributed by atoms with E-state index in [9.17, 15) is 4.79 Å². The molecule has 1 unspecified atom stereocenters. The fraction of sp³-hybridized carbons (Fsp3) is 0.333. The SMILES string of the molecule is CCc1cccc2cc(OCOC)cc(-c3cc4nc(Cl)nc5c4c(n3)OCC3[C@H]4CC[C@@H](CN53)N4C(=O)OCc3ccccc3)c12. The molecule has 3 atom stereocenters. The predicted molar refractivity (Wildman–Crippen MR) is 179 cm³/mol. The minimum atomic E-state index is -0.303. The molecule has 240 valence electrons. The first-order valence-corrected chi connectivity index (χ1v) is 16.3. The van der Waals surface area contributed by atoms with Crippen molar-refractivity contribution in [1.29, 1.82) is 0 Å². The first-order chi connectivity index (χ1) is 23.0. The molecule has 3 aromatic carbocycles. The number of carbonyl (C=O) groups is 1. The van der Waals surface area contributed by atoms with E-state index in [-0.39, 0.29) is 42.9 Å². The lowest BCUT2D eigenvalue weighted by molar-refractivity contribution is 0.0512. The highest BCUT2D eigenvalue weighted by molar-refractivity contribution is 6.29. The highest BCUT2D eigenvalue weighted by atomic mass is 35.5. The molecule has 3 aliphatic heterocycles. The van der Waals surface area contributed by atoms with Gasteiger partial charge in [0.05, 0.1) is 29.3 Å². The van der Waals surface area contributed by atoms with Crippen molar-refractivity contribution in [2.75, 3.05) is 32.0 Å². The molecular weight excluding hydrogens is 618 g/mol. The summed E-state index contributed by atoms with van der Waals surface area (Å²) in [4.78, 5) is 32.1. The molecule has 11 heteroatoms. The van der Waals surface area contributed by atoms with Crippen LogP contribution in [0.2, 0.25) is 5.28 Å². The number of hydrogen-bond acceptors (Lipinski definition) is 9. The van der Waals surface area contributed by atoms with Gasteiger partial charge in [-0.15, -0.1) is 0 Å². The average Bonchev–Trinajstić information content (AvgIpc) is 3.33. The van der Waals surface area contributed by atoms with Crippen LogP contribution in [0.4, 0.5) is 10.6 Å². The molecule has 5 heterocycles. The van der Waals surface area contributed by atoms with Crippen LogP contribution in [0.3, 0.4) is 0 Å². The summed E-state index contributed by atoms with van der Waals surface area (Å²) in [5.74, 6) is 1.80. The molecule has 2 aromatic heterocycles. The average molecular weight is 652 g/mol. The molecule has 1 amide bonds. The summed E-state index contributed by atoms with van der Waals surface area (Å²) in [5.41, 5.74) is 4.38. The molecule has 10 nitrogen and oxygen atoms in total. The lowest BCUT2D eigenvalue weighted by Gasteiger charge is -2.45. The van der Waals surface area contributed by atoms with Gasteiger partial charge in [-0.05, 0) is 71.0 Å². The Bertz CT molecular complexity index is 1990. The molecule has 2 saturated heterocycles. The van der Waals surface area contributed by atoms with E-state index in [1.54, 1.807) is 7.11 Å². The molecule has 0 saturated carbocycles. The van der Waals surface area contributed by atoms with Crippen molar-refractivity contribution in [3.63, 3.8) is 0 Å². The number of anilines is 1. The number of amides is 1. The van der Waals surface area contributed by atoms with Crippen LogP contribution in [0, 0.1) is 0 Å². The van der Waals surface area contributed by atoms with Gasteiger partial charge in [-0.3, -0.25) is 4.90 Å². The van der Waals surface area contributed by atoms with E-state index in [0.717, 1.165) is 41.2 Å². The van der Waals surface area contributed by atoms with Gasteiger partial charge in [0, 0.05) is 19.2 Å². The van der Waals surface area contributed by atoms with E-state index < -0.39 is 0 Å². The van der Waals surface area contributed by atoms with Crippen molar-refractivity contribution < 1.29 is 23.7 Å². The number of methoxy groups -OCH3 is 1. The lowest BCUT2D eigenvalue weighted by atomic mass is 9.95. The third kappa shape index (κ3) is 5.25. The number of ether oxygens (including phenoxy) is 4. The van der Waals surface area contributed by atoms with E-state index >= 15 is 0 Å². The quantitative estimate of drug-likeness (QED) is 0.139. The monoisotopic (exact) mass is 651 g/mol. The largest absolute Gasteiger partial charge is 0.475 e. The Hall–Kier alpha value is -4.67. The Labute approximate surface area is 277 Å². The van der Waals surface area contributed by atoms with Gasteiger partial charge in [-0.1, -0.05) is 55.5 Å². The fourth-order valence-electron chi connectivity index (χ4n) is 7.44. The Balaban J connectivity index is 1.18. The summed E-state index contributed by atoms with van der Waals surface area (Å²) in [7, 11) is 1.60. The highest BCUT2D eigenvalue weighted by Gasteiger charge is 2.51. The Morgan fingerprint density at radius 3 is 2.70 bits per heavy atom. The molecule has 0 radical (unpaired) electrons. The maximum Gasteiger partial charge on any atom is 0.410 e. The maximum atomic E-state index is 13.5. The number of benzene rings is 3. The summed E-state index contributed by atoms with van der Waals surface area (Å²) in [6, 6.07) is 21.7. The predicted octanol–water partition coefficient (Wildman–Crippen LogP) is 6.79. The van der Waals surface area contributed by atoms with Crippen LogP contribution < -0.4 is 14.4 Å².